The summed E-state index contributed by atoms with van der Waals surface area (Å²) >= 11 is 0. The van der Waals surface area contributed by atoms with E-state index in [4.69, 9.17) is 0 Å². The van der Waals surface area contributed by atoms with Gasteiger partial charge in [-0.3, -0.25) is 0 Å². The molecule has 0 bridgehead atoms. The number of allylic oxidation sites excluding steroid dienone is 2. The molecule has 2 atom stereocenters. The Hall–Kier alpha value is -0.260. The van der Waals surface area contributed by atoms with E-state index < -0.39 is 0 Å². The molecule has 0 saturated heterocycles. The van der Waals surface area contributed by atoms with Crippen molar-refractivity contribution in [1.82, 2.24) is 0 Å². The first-order valence-electron chi connectivity index (χ1n) is 4.47. The lowest BCUT2D eigenvalue weighted by Crippen LogP contribution is -2.22. The van der Waals surface area contributed by atoms with Crippen LogP contribution in [-0.2, 0) is 0 Å². The SMILES string of the molecule is CCCC1C(C)=CC1CC. The van der Waals surface area contributed by atoms with Gasteiger partial charge >= 0.3 is 0 Å². The molecule has 58 valence electrons. The van der Waals surface area contributed by atoms with Gasteiger partial charge in [-0.15, -0.1) is 0 Å². The molecule has 1 rings (SSSR count). The highest BCUT2D eigenvalue weighted by Gasteiger charge is 2.26. The van der Waals surface area contributed by atoms with Gasteiger partial charge < -0.3 is 0 Å². The molecule has 0 radical (unpaired) electrons. The van der Waals surface area contributed by atoms with Gasteiger partial charge in [0.15, 0.2) is 0 Å². The van der Waals surface area contributed by atoms with Crippen LogP contribution in [0.5, 0.6) is 0 Å². The normalized spacial score (nSPS) is 31.3. The minimum atomic E-state index is 0.917. The topological polar surface area (TPSA) is 0 Å². The molecule has 0 aromatic carbocycles. The monoisotopic (exact) mass is 138 g/mol. The first kappa shape index (κ1) is 7.84. The first-order valence-corrected chi connectivity index (χ1v) is 4.47. The van der Waals surface area contributed by atoms with Crippen molar-refractivity contribution in [2.24, 2.45) is 11.8 Å². The van der Waals surface area contributed by atoms with E-state index in [2.05, 4.69) is 26.8 Å². The van der Waals surface area contributed by atoms with Crippen LogP contribution >= 0.6 is 0 Å². The van der Waals surface area contributed by atoms with Crippen molar-refractivity contribution in [3.63, 3.8) is 0 Å². The van der Waals surface area contributed by atoms with Gasteiger partial charge in [0.1, 0.15) is 0 Å². The molecule has 1 aliphatic carbocycles. The summed E-state index contributed by atoms with van der Waals surface area (Å²) in [7, 11) is 0. The Morgan fingerprint density at radius 2 is 2.10 bits per heavy atom. The first-order chi connectivity index (χ1) is 4.79. The van der Waals surface area contributed by atoms with Crippen LogP contribution in [0.4, 0.5) is 0 Å². The Bertz CT molecular complexity index is 133. The minimum Gasteiger partial charge on any atom is -0.0816 e. The van der Waals surface area contributed by atoms with Gasteiger partial charge in [-0.05, 0) is 31.6 Å². The molecule has 0 fully saturated rings. The molecule has 0 N–H and O–H groups in total. The lowest BCUT2D eigenvalue weighted by molar-refractivity contribution is 0.358. The summed E-state index contributed by atoms with van der Waals surface area (Å²) in [6.07, 6.45) is 6.51. The molecule has 0 spiro atoms. The van der Waals surface area contributed by atoms with E-state index in [1.54, 1.807) is 5.57 Å². The molecule has 0 aliphatic heterocycles. The van der Waals surface area contributed by atoms with Crippen LogP contribution < -0.4 is 0 Å². The van der Waals surface area contributed by atoms with Crippen molar-refractivity contribution >= 4 is 0 Å². The van der Waals surface area contributed by atoms with Gasteiger partial charge in [-0.25, -0.2) is 0 Å². The second kappa shape index (κ2) is 3.23. The van der Waals surface area contributed by atoms with E-state index in [0.29, 0.717) is 0 Å². The zero-order valence-electron chi connectivity index (χ0n) is 7.35. The molecule has 0 aromatic heterocycles. The smallest absolute Gasteiger partial charge is 0.0143 e. The second-order valence-electron chi connectivity index (χ2n) is 3.38. The Kier molecular flexibility index (Phi) is 2.53. The van der Waals surface area contributed by atoms with Crippen LogP contribution in [0.15, 0.2) is 11.6 Å². The van der Waals surface area contributed by atoms with E-state index >= 15 is 0 Å². The van der Waals surface area contributed by atoms with Gasteiger partial charge in [0.2, 0.25) is 0 Å². The van der Waals surface area contributed by atoms with Crippen LogP contribution in [0.2, 0.25) is 0 Å². The lowest BCUT2D eigenvalue weighted by Gasteiger charge is -2.33. The molecule has 1 aliphatic rings. The summed E-state index contributed by atoms with van der Waals surface area (Å²) < 4.78 is 0. The van der Waals surface area contributed by atoms with Crippen molar-refractivity contribution in [3.05, 3.63) is 11.6 Å². The zero-order chi connectivity index (χ0) is 7.56. The van der Waals surface area contributed by atoms with Gasteiger partial charge in [-0.2, -0.15) is 0 Å². The minimum absolute atomic E-state index is 0.917. The molecular formula is C10H18. The van der Waals surface area contributed by atoms with Crippen LogP contribution in [0.3, 0.4) is 0 Å². The summed E-state index contributed by atoms with van der Waals surface area (Å²) in [5.41, 5.74) is 1.63. The second-order valence-corrected chi connectivity index (χ2v) is 3.38. The van der Waals surface area contributed by atoms with Crippen molar-refractivity contribution in [3.8, 4) is 0 Å². The van der Waals surface area contributed by atoms with Crippen LogP contribution in [0.1, 0.15) is 40.0 Å². The van der Waals surface area contributed by atoms with E-state index in [1.165, 1.54) is 19.3 Å². The lowest BCUT2D eigenvalue weighted by atomic mass is 9.72. The molecule has 0 heteroatoms. The van der Waals surface area contributed by atoms with Crippen molar-refractivity contribution < 1.29 is 0 Å². The average molecular weight is 138 g/mol. The van der Waals surface area contributed by atoms with Crippen molar-refractivity contribution in [2.45, 2.75) is 40.0 Å². The Morgan fingerprint density at radius 1 is 1.40 bits per heavy atom. The molecule has 0 aromatic rings. The molecule has 0 amide bonds. The van der Waals surface area contributed by atoms with Crippen LogP contribution in [0.25, 0.3) is 0 Å². The van der Waals surface area contributed by atoms with E-state index in [9.17, 15) is 0 Å². The predicted octanol–water partition coefficient (Wildman–Crippen LogP) is 3.39. The van der Waals surface area contributed by atoms with E-state index in [-0.39, 0.29) is 0 Å². The predicted molar refractivity (Wildman–Crippen MR) is 45.9 cm³/mol. The quantitative estimate of drug-likeness (QED) is 0.524. The largest absolute Gasteiger partial charge is 0.0816 e. The van der Waals surface area contributed by atoms with Crippen molar-refractivity contribution in [1.29, 1.82) is 0 Å². The Morgan fingerprint density at radius 3 is 2.50 bits per heavy atom. The number of hydrogen-bond acceptors (Lipinski definition) is 0. The highest BCUT2D eigenvalue weighted by Crippen LogP contribution is 2.38. The fraction of sp³-hybridized carbons (Fsp3) is 0.800. The molecule has 0 nitrogen and oxygen atoms in total. The maximum Gasteiger partial charge on any atom is -0.0143 e. The third kappa shape index (κ3) is 1.25. The van der Waals surface area contributed by atoms with Gasteiger partial charge in [0.05, 0.1) is 0 Å². The fourth-order valence-corrected chi connectivity index (χ4v) is 1.95. The molecule has 0 saturated carbocycles. The van der Waals surface area contributed by atoms with Crippen LogP contribution in [-0.4, -0.2) is 0 Å². The fourth-order valence-electron chi connectivity index (χ4n) is 1.95. The van der Waals surface area contributed by atoms with Gasteiger partial charge in [-0.1, -0.05) is 31.9 Å². The zero-order valence-corrected chi connectivity index (χ0v) is 7.35. The summed E-state index contributed by atoms with van der Waals surface area (Å²) in [5, 5.41) is 0. The molecule has 2 unspecified atom stereocenters. The maximum absolute atomic E-state index is 2.43. The van der Waals surface area contributed by atoms with Crippen molar-refractivity contribution in [2.75, 3.05) is 0 Å². The van der Waals surface area contributed by atoms with E-state index in [0.717, 1.165) is 11.8 Å². The number of rotatable bonds is 3. The van der Waals surface area contributed by atoms with E-state index in [1.807, 2.05) is 0 Å². The third-order valence-electron chi connectivity index (χ3n) is 2.65. The highest BCUT2D eigenvalue weighted by molar-refractivity contribution is 5.19. The molecular weight excluding hydrogens is 120 g/mol. The summed E-state index contributed by atoms with van der Waals surface area (Å²) in [4.78, 5) is 0. The highest BCUT2D eigenvalue weighted by atomic mass is 14.3. The maximum atomic E-state index is 2.43. The standard InChI is InChI=1S/C10H18/c1-4-6-10-8(3)7-9(10)5-2/h7,9-10H,4-6H2,1-3H3. The average Bonchev–Trinajstić information content (AvgIpc) is 1.95. The summed E-state index contributed by atoms with van der Waals surface area (Å²) in [6.45, 7) is 6.83. The Labute approximate surface area is 64.3 Å². The summed E-state index contributed by atoms with van der Waals surface area (Å²) in [5.74, 6) is 1.86. The van der Waals surface area contributed by atoms with Gasteiger partial charge in [0.25, 0.3) is 0 Å². The van der Waals surface area contributed by atoms with Gasteiger partial charge in [0, 0.05) is 0 Å². The summed E-state index contributed by atoms with van der Waals surface area (Å²) in [6, 6.07) is 0. The molecule has 0 heterocycles. The van der Waals surface area contributed by atoms with Crippen LogP contribution in [0, 0.1) is 11.8 Å². The molecule has 10 heavy (non-hydrogen) atoms. The number of hydrogen-bond donors (Lipinski definition) is 0. The third-order valence-corrected chi connectivity index (χ3v) is 2.65. The Balaban J connectivity index is 2.39.